The van der Waals surface area contributed by atoms with Crippen LogP contribution in [0.2, 0.25) is 0 Å². The molecule has 0 aliphatic heterocycles. The van der Waals surface area contributed by atoms with Crippen LogP contribution in [0.3, 0.4) is 0 Å². The molecule has 2 aliphatic carbocycles. The van der Waals surface area contributed by atoms with Crippen LogP contribution in [0.15, 0.2) is 22.7 Å². The highest BCUT2D eigenvalue weighted by Crippen LogP contribution is 2.40. The summed E-state index contributed by atoms with van der Waals surface area (Å²) in [5.41, 5.74) is 0.258. The second kappa shape index (κ2) is 4.53. The number of rotatable bonds is 4. The highest BCUT2D eigenvalue weighted by atomic mass is 16.5. The third-order valence-electron chi connectivity index (χ3n) is 3.46. The molecule has 0 aromatic carbocycles. The van der Waals surface area contributed by atoms with Crippen LogP contribution in [0.4, 0.5) is 0 Å². The normalized spacial score (nSPS) is 25.5. The predicted molar refractivity (Wildman–Crippen MR) is 64.6 cm³/mol. The van der Waals surface area contributed by atoms with Crippen molar-refractivity contribution in [3.05, 3.63) is 29.7 Å². The summed E-state index contributed by atoms with van der Waals surface area (Å²) < 4.78 is 5.11. The highest BCUT2D eigenvalue weighted by molar-refractivity contribution is 5.92. The lowest BCUT2D eigenvalue weighted by atomic mass is 10.1. The quantitative estimate of drug-likeness (QED) is 0.798. The van der Waals surface area contributed by atoms with Gasteiger partial charge in [-0.1, -0.05) is 17.3 Å². The molecular formula is C13H14N2O4. The van der Waals surface area contributed by atoms with Crippen LogP contribution < -0.4 is 5.32 Å². The number of carbonyl (C=O) groups is 2. The van der Waals surface area contributed by atoms with E-state index in [1.54, 1.807) is 18.2 Å². The van der Waals surface area contributed by atoms with E-state index in [4.69, 9.17) is 9.63 Å². The van der Waals surface area contributed by atoms with Gasteiger partial charge in [-0.3, -0.25) is 9.59 Å². The monoisotopic (exact) mass is 262 g/mol. The fourth-order valence-corrected chi connectivity index (χ4v) is 2.19. The zero-order valence-corrected chi connectivity index (χ0v) is 10.2. The minimum absolute atomic E-state index is 0.255. The minimum Gasteiger partial charge on any atom is -0.481 e. The Labute approximate surface area is 109 Å². The Kier molecular flexibility index (Phi) is 2.85. The van der Waals surface area contributed by atoms with E-state index >= 15 is 0 Å². The van der Waals surface area contributed by atoms with E-state index < -0.39 is 11.9 Å². The van der Waals surface area contributed by atoms with Crippen LogP contribution in [0, 0.1) is 5.92 Å². The first-order valence-corrected chi connectivity index (χ1v) is 6.32. The zero-order chi connectivity index (χ0) is 13.4. The van der Waals surface area contributed by atoms with Crippen molar-refractivity contribution < 1.29 is 19.2 Å². The highest BCUT2D eigenvalue weighted by Gasteiger charge is 2.30. The van der Waals surface area contributed by atoms with Crippen molar-refractivity contribution in [3.8, 4) is 0 Å². The van der Waals surface area contributed by atoms with E-state index in [-0.39, 0.29) is 17.6 Å². The van der Waals surface area contributed by atoms with Gasteiger partial charge in [-0.25, -0.2) is 0 Å². The van der Waals surface area contributed by atoms with Gasteiger partial charge in [0.1, 0.15) is 5.76 Å². The Balaban J connectivity index is 1.59. The van der Waals surface area contributed by atoms with Gasteiger partial charge < -0.3 is 14.9 Å². The molecule has 0 radical (unpaired) electrons. The SMILES string of the molecule is O=C(NC1C=CC(C(=O)O)C1)c1cc(C2CC2)on1. The molecule has 2 N–H and O–H groups in total. The number of nitrogens with one attached hydrogen (secondary N) is 1. The Morgan fingerprint density at radius 3 is 2.79 bits per heavy atom. The van der Waals surface area contributed by atoms with Crippen molar-refractivity contribution in [2.24, 2.45) is 5.92 Å². The molecule has 1 amide bonds. The third-order valence-corrected chi connectivity index (χ3v) is 3.46. The van der Waals surface area contributed by atoms with E-state index in [1.165, 1.54) is 0 Å². The number of hydrogen-bond donors (Lipinski definition) is 2. The third kappa shape index (κ3) is 2.52. The summed E-state index contributed by atoms with van der Waals surface area (Å²) in [7, 11) is 0. The van der Waals surface area contributed by atoms with Gasteiger partial charge in [0.25, 0.3) is 5.91 Å². The van der Waals surface area contributed by atoms with Crippen LogP contribution in [0.1, 0.15) is 41.4 Å². The fraction of sp³-hybridized carbons (Fsp3) is 0.462. The Bertz CT molecular complexity index is 545. The van der Waals surface area contributed by atoms with Crippen molar-refractivity contribution in [3.63, 3.8) is 0 Å². The van der Waals surface area contributed by atoms with Crippen LogP contribution in [0.5, 0.6) is 0 Å². The molecule has 0 spiro atoms. The van der Waals surface area contributed by atoms with Gasteiger partial charge in [0.2, 0.25) is 0 Å². The summed E-state index contributed by atoms with van der Waals surface area (Å²) >= 11 is 0. The number of carboxylic acids is 1. The summed E-state index contributed by atoms with van der Waals surface area (Å²) in [5.74, 6) is -0.543. The second-order valence-electron chi connectivity index (χ2n) is 5.03. The van der Waals surface area contributed by atoms with E-state index in [0.29, 0.717) is 12.3 Å². The first kappa shape index (κ1) is 12.0. The zero-order valence-electron chi connectivity index (χ0n) is 10.2. The summed E-state index contributed by atoms with van der Waals surface area (Å²) in [5, 5.41) is 15.3. The molecule has 1 fully saturated rings. The van der Waals surface area contributed by atoms with Gasteiger partial charge in [-0.05, 0) is 19.3 Å². The van der Waals surface area contributed by atoms with Gasteiger partial charge in [-0.2, -0.15) is 0 Å². The molecule has 2 atom stereocenters. The number of aromatic nitrogens is 1. The van der Waals surface area contributed by atoms with Gasteiger partial charge in [0, 0.05) is 18.0 Å². The number of carbonyl (C=O) groups excluding carboxylic acids is 1. The molecule has 100 valence electrons. The molecule has 1 aromatic heterocycles. The van der Waals surface area contributed by atoms with Gasteiger partial charge in [-0.15, -0.1) is 0 Å². The van der Waals surface area contributed by atoms with E-state index in [2.05, 4.69) is 10.5 Å². The molecule has 6 heteroatoms. The number of amides is 1. The molecular weight excluding hydrogens is 248 g/mol. The lowest BCUT2D eigenvalue weighted by Gasteiger charge is -2.10. The van der Waals surface area contributed by atoms with Crippen molar-refractivity contribution in [2.75, 3.05) is 0 Å². The van der Waals surface area contributed by atoms with Gasteiger partial charge >= 0.3 is 5.97 Å². The molecule has 3 rings (SSSR count). The average Bonchev–Trinajstić information content (AvgIpc) is 2.92. The van der Waals surface area contributed by atoms with Crippen LogP contribution in [-0.2, 0) is 4.79 Å². The van der Waals surface area contributed by atoms with E-state index in [9.17, 15) is 9.59 Å². The van der Waals surface area contributed by atoms with Crippen LogP contribution in [-0.4, -0.2) is 28.2 Å². The largest absolute Gasteiger partial charge is 0.481 e. The number of aliphatic carboxylic acids is 1. The number of hydrogen-bond acceptors (Lipinski definition) is 4. The topological polar surface area (TPSA) is 92.4 Å². The first-order valence-electron chi connectivity index (χ1n) is 6.32. The molecule has 2 aliphatic rings. The van der Waals surface area contributed by atoms with Crippen LogP contribution >= 0.6 is 0 Å². The predicted octanol–water partition coefficient (Wildman–Crippen LogP) is 1.31. The molecule has 1 heterocycles. The summed E-state index contributed by atoms with van der Waals surface area (Å²) in [4.78, 5) is 22.7. The molecule has 6 nitrogen and oxygen atoms in total. The summed E-state index contributed by atoms with van der Waals surface area (Å²) in [6.45, 7) is 0. The smallest absolute Gasteiger partial charge is 0.310 e. The molecule has 2 unspecified atom stereocenters. The summed E-state index contributed by atoms with van der Waals surface area (Å²) in [6.07, 6.45) is 5.86. The lowest BCUT2D eigenvalue weighted by molar-refractivity contribution is -0.140. The van der Waals surface area contributed by atoms with Gasteiger partial charge in [0.05, 0.1) is 5.92 Å². The fourth-order valence-electron chi connectivity index (χ4n) is 2.19. The number of carboxylic acid groups (broad SMARTS) is 1. The summed E-state index contributed by atoms with van der Waals surface area (Å²) in [6, 6.07) is 1.41. The van der Waals surface area contributed by atoms with E-state index in [1.807, 2.05) is 0 Å². The molecule has 1 aromatic rings. The van der Waals surface area contributed by atoms with Crippen LogP contribution in [0.25, 0.3) is 0 Å². The van der Waals surface area contributed by atoms with Gasteiger partial charge in [0.15, 0.2) is 5.69 Å². The molecule has 19 heavy (non-hydrogen) atoms. The average molecular weight is 262 g/mol. The minimum atomic E-state index is -0.870. The lowest BCUT2D eigenvalue weighted by Crippen LogP contribution is -2.33. The first-order chi connectivity index (χ1) is 9.13. The number of nitrogens with zero attached hydrogens (tertiary/aromatic N) is 1. The Morgan fingerprint density at radius 1 is 1.37 bits per heavy atom. The Hall–Kier alpha value is -2.11. The van der Waals surface area contributed by atoms with Crippen molar-refractivity contribution in [1.29, 1.82) is 0 Å². The molecule has 1 saturated carbocycles. The Morgan fingerprint density at radius 2 is 2.16 bits per heavy atom. The standard InChI is InChI=1S/C13H14N2O4/c16-12(10-6-11(19-15-10)7-1-2-7)14-9-4-3-8(5-9)13(17)18/h3-4,6-9H,1-2,5H2,(H,14,16)(H,17,18). The molecule has 0 saturated heterocycles. The molecule has 0 bridgehead atoms. The maximum Gasteiger partial charge on any atom is 0.310 e. The second-order valence-corrected chi connectivity index (χ2v) is 5.03. The maximum atomic E-state index is 11.9. The van der Waals surface area contributed by atoms with E-state index in [0.717, 1.165) is 18.6 Å². The maximum absolute atomic E-state index is 11.9. The van der Waals surface area contributed by atoms with Crippen molar-refractivity contribution in [1.82, 2.24) is 10.5 Å². The van der Waals surface area contributed by atoms with Crippen molar-refractivity contribution >= 4 is 11.9 Å². The van der Waals surface area contributed by atoms with Crippen molar-refractivity contribution in [2.45, 2.75) is 31.2 Å².